The SMILES string of the molecule is COC(=O)c1ccc2c3c(ccc2c1)C1=C(CCC=C1)C(C(=O)OC(C)(C)C)C3. The van der Waals surface area contributed by atoms with Crippen LogP contribution < -0.4 is 0 Å². The maximum Gasteiger partial charge on any atom is 0.337 e. The van der Waals surface area contributed by atoms with Crippen molar-refractivity contribution >= 4 is 28.3 Å². The minimum atomic E-state index is -0.517. The summed E-state index contributed by atoms with van der Waals surface area (Å²) in [7, 11) is 1.38. The van der Waals surface area contributed by atoms with Gasteiger partial charge in [-0.15, -0.1) is 0 Å². The summed E-state index contributed by atoms with van der Waals surface area (Å²) in [6.07, 6.45) is 6.76. The van der Waals surface area contributed by atoms with Gasteiger partial charge in [0, 0.05) is 0 Å². The van der Waals surface area contributed by atoms with E-state index in [-0.39, 0.29) is 17.9 Å². The number of allylic oxidation sites excluding steroid dienone is 3. The van der Waals surface area contributed by atoms with Crippen LogP contribution >= 0.6 is 0 Å². The summed E-state index contributed by atoms with van der Waals surface area (Å²) in [5.74, 6) is -0.779. The molecule has 29 heavy (non-hydrogen) atoms. The van der Waals surface area contributed by atoms with E-state index in [1.807, 2.05) is 39.0 Å². The third kappa shape index (κ3) is 3.59. The number of carbonyl (C=O) groups excluding carboxylic acids is 2. The maximum absolute atomic E-state index is 13.1. The molecule has 0 aromatic heterocycles. The first kappa shape index (κ1) is 19.4. The van der Waals surface area contributed by atoms with E-state index in [2.05, 4.69) is 18.2 Å². The highest BCUT2D eigenvalue weighted by atomic mass is 16.6. The summed E-state index contributed by atoms with van der Waals surface area (Å²) < 4.78 is 10.6. The smallest absolute Gasteiger partial charge is 0.337 e. The molecule has 2 aromatic rings. The van der Waals surface area contributed by atoms with Crippen molar-refractivity contribution in [3.8, 4) is 0 Å². The van der Waals surface area contributed by atoms with Crippen molar-refractivity contribution in [3.05, 3.63) is 64.7 Å². The van der Waals surface area contributed by atoms with E-state index in [4.69, 9.17) is 9.47 Å². The number of methoxy groups -OCH3 is 1. The monoisotopic (exact) mass is 390 g/mol. The minimum absolute atomic E-state index is 0.158. The number of carbonyl (C=O) groups is 2. The molecule has 150 valence electrons. The lowest BCUT2D eigenvalue weighted by Gasteiger charge is -2.33. The Morgan fingerprint density at radius 2 is 1.90 bits per heavy atom. The van der Waals surface area contributed by atoms with Crippen molar-refractivity contribution in [2.75, 3.05) is 7.11 Å². The Kier molecular flexibility index (Phi) is 4.81. The molecule has 0 saturated heterocycles. The van der Waals surface area contributed by atoms with Gasteiger partial charge in [0.2, 0.25) is 0 Å². The quantitative estimate of drug-likeness (QED) is 0.658. The van der Waals surface area contributed by atoms with Gasteiger partial charge in [-0.1, -0.05) is 30.4 Å². The summed E-state index contributed by atoms with van der Waals surface area (Å²) in [6.45, 7) is 5.71. The molecule has 0 bridgehead atoms. The van der Waals surface area contributed by atoms with Crippen LogP contribution in [0.5, 0.6) is 0 Å². The fraction of sp³-hybridized carbons (Fsp3) is 0.360. The maximum atomic E-state index is 13.1. The average molecular weight is 390 g/mol. The van der Waals surface area contributed by atoms with Crippen LogP contribution in [0.4, 0.5) is 0 Å². The Labute approximate surface area is 171 Å². The van der Waals surface area contributed by atoms with Crippen LogP contribution in [0, 0.1) is 5.92 Å². The molecular weight excluding hydrogens is 364 g/mol. The standard InChI is InChI=1S/C25H26O4/c1-25(2,3)29-24(27)22-14-21-17-11-10-16(23(26)28-4)13-15(17)9-12-20(21)18-7-5-6-8-19(18)22/h5,7,9-13,22H,6,8,14H2,1-4H3. The zero-order chi connectivity index (χ0) is 20.8. The van der Waals surface area contributed by atoms with E-state index in [0.29, 0.717) is 12.0 Å². The van der Waals surface area contributed by atoms with Crippen molar-refractivity contribution in [2.24, 2.45) is 5.92 Å². The first-order valence-electron chi connectivity index (χ1n) is 10.1. The predicted molar refractivity (Wildman–Crippen MR) is 114 cm³/mol. The van der Waals surface area contributed by atoms with Gasteiger partial charge in [-0.05, 0) is 85.2 Å². The fourth-order valence-corrected chi connectivity index (χ4v) is 4.34. The van der Waals surface area contributed by atoms with Gasteiger partial charge in [0.25, 0.3) is 0 Å². The highest BCUT2D eigenvalue weighted by Gasteiger charge is 2.35. The number of ether oxygens (including phenoxy) is 2. The molecule has 0 saturated carbocycles. The fourth-order valence-electron chi connectivity index (χ4n) is 4.34. The molecule has 0 radical (unpaired) electrons. The third-order valence-electron chi connectivity index (χ3n) is 5.57. The molecule has 2 aromatic carbocycles. The molecule has 2 aliphatic carbocycles. The normalized spacial score (nSPS) is 18.3. The van der Waals surface area contributed by atoms with Gasteiger partial charge in [-0.25, -0.2) is 4.79 Å². The third-order valence-corrected chi connectivity index (χ3v) is 5.57. The first-order chi connectivity index (χ1) is 13.8. The molecule has 0 aliphatic heterocycles. The van der Waals surface area contributed by atoms with Gasteiger partial charge in [0.05, 0.1) is 18.6 Å². The number of esters is 2. The minimum Gasteiger partial charge on any atom is -0.465 e. The predicted octanol–water partition coefficient (Wildman–Crippen LogP) is 5.24. The van der Waals surface area contributed by atoms with Crippen LogP contribution in [-0.2, 0) is 20.7 Å². The Bertz CT molecular complexity index is 1070. The van der Waals surface area contributed by atoms with E-state index in [9.17, 15) is 9.59 Å². The van der Waals surface area contributed by atoms with Crippen LogP contribution in [-0.4, -0.2) is 24.6 Å². The molecule has 4 rings (SSSR count). The van der Waals surface area contributed by atoms with Gasteiger partial charge in [-0.3, -0.25) is 4.79 Å². The highest BCUT2D eigenvalue weighted by molar-refractivity contribution is 6.00. The van der Waals surface area contributed by atoms with Gasteiger partial charge in [-0.2, -0.15) is 0 Å². The lowest BCUT2D eigenvalue weighted by atomic mass is 9.73. The Balaban J connectivity index is 1.84. The summed E-state index contributed by atoms with van der Waals surface area (Å²) in [5, 5.41) is 2.03. The van der Waals surface area contributed by atoms with Crippen molar-refractivity contribution in [1.29, 1.82) is 0 Å². The van der Waals surface area contributed by atoms with Crippen LogP contribution in [0.2, 0.25) is 0 Å². The van der Waals surface area contributed by atoms with Crippen molar-refractivity contribution in [2.45, 2.75) is 45.6 Å². The lowest BCUT2D eigenvalue weighted by molar-refractivity contribution is -0.158. The Morgan fingerprint density at radius 3 is 2.62 bits per heavy atom. The molecule has 0 heterocycles. The van der Waals surface area contributed by atoms with Gasteiger partial charge >= 0.3 is 11.9 Å². The van der Waals surface area contributed by atoms with Gasteiger partial charge in [0.1, 0.15) is 5.60 Å². The molecule has 4 nitrogen and oxygen atoms in total. The number of benzene rings is 2. The van der Waals surface area contributed by atoms with E-state index in [1.54, 1.807) is 6.07 Å². The van der Waals surface area contributed by atoms with Gasteiger partial charge < -0.3 is 9.47 Å². The number of hydrogen-bond acceptors (Lipinski definition) is 4. The van der Waals surface area contributed by atoms with E-state index < -0.39 is 5.60 Å². The molecule has 0 amide bonds. The molecule has 0 spiro atoms. The molecule has 1 atom stereocenters. The largest absolute Gasteiger partial charge is 0.465 e. The van der Waals surface area contributed by atoms with Crippen LogP contribution in [0.1, 0.15) is 55.1 Å². The molecule has 2 aliphatic rings. The summed E-state index contributed by atoms with van der Waals surface area (Å²) in [6, 6.07) is 9.75. The average Bonchev–Trinajstić information content (AvgIpc) is 2.70. The summed E-state index contributed by atoms with van der Waals surface area (Å²) in [5.41, 5.74) is 4.65. The zero-order valence-electron chi connectivity index (χ0n) is 17.4. The second kappa shape index (κ2) is 7.18. The number of fused-ring (bicyclic) bond motifs is 4. The molecule has 1 unspecified atom stereocenters. The van der Waals surface area contributed by atoms with E-state index >= 15 is 0 Å². The van der Waals surface area contributed by atoms with Crippen LogP contribution in [0.25, 0.3) is 16.3 Å². The summed E-state index contributed by atoms with van der Waals surface area (Å²) in [4.78, 5) is 25.0. The topological polar surface area (TPSA) is 52.6 Å². The number of hydrogen-bond donors (Lipinski definition) is 0. The van der Waals surface area contributed by atoms with Crippen molar-refractivity contribution < 1.29 is 19.1 Å². The van der Waals surface area contributed by atoms with Crippen molar-refractivity contribution in [1.82, 2.24) is 0 Å². The summed E-state index contributed by atoms with van der Waals surface area (Å²) >= 11 is 0. The Morgan fingerprint density at radius 1 is 1.10 bits per heavy atom. The van der Waals surface area contributed by atoms with Crippen LogP contribution in [0.3, 0.4) is 0 Å². The molecular formula is C25H26O4. The van der Waals surface area contributed by atoms with E-state index in [1.165, 1.54) is 18.2 Å². The first-order valence-corrected chi connectivity index (χ1v) is 10.1. The van der Waals surface area contributed by atoms with Crippen molar-refractivity contribution in [3.63, 3.8) is 0 Å². The zero-order valence-corrected chi connectivity index (χ0v) is 17.4. The van der Waals surface area contributed by atoms with E-state index in [0.717, 1.165) is 34.8 Å². The highest BCUT2D eigenvalue weighted by Crippen LogP contribution is 2.43. The molecule has 0 N–H and O–H groups in total. The molecule has 0 fully saturated rings. The second-order valence-corrected chi connectivity index (χ2v) is 8.69. The van der Waals surface area contributed by atoms with Gasteiger partial charge in [0.15, 0.2) is 0 Å². The molecule has 4 heteroatoms. The second-order valence-electron chi connectivity index (χ2n) is 8.69. The lowest BCUT2D eigenvalue weighted by Crippen LogP contribution is -2.33. The number of rotatable bonds is 2. The van der Waals surface area contributed by atoms with Crippen LogP contribution in [0.15, 0.2) is 48.1 Å². The Hall–Kier alpha value is -2.88.